The molecule has 0 saturated carbocycles. The van der Waals surface area contributed by atoms with Crippen molar-refractivity contribution >= 4 is 12.1 Å². The Kier molecular flexibility index (Phi) is 4.19. The predicted molar refractivity (Wildman–Crippen MR) is 61.8 cm³/mol. The molecular formula is C11H15N3O4. The van der Waals surface area contributed by atoms with E-state index in [-0.39, 0.29) is 5.56 Å². The highest BCUT2D eigenvalue weighted by molar-refractivity contribution is 5.81. The Morgan fingerprint density at radius 2 is 1.89 bits per heavy atom. The molecule has 2 N–H and O–H groups in total. The van der Waals surface area contributed by atoms with Gasteiger partial charge in [-0.25, -0.2) is 19.6 Å². The minimum Gasteiger partial charge on any atom is -0.479 e. The van der Waals surface area contributed by atoms with E-state index in [1.807, 2.05) is 0 Å². The Bertz CT molecular complexity index is 428. The molecule has 1 aromatic rings. The van der Waals surface area contributed by atoms with Gasteiger partial charge in [0, 0.05) is 18.0 Å². The second-order valence-electron chi connectivity index (χ2n) is 4.59. The number of amides is 1. The van der Waals surface area contributed by atoms with Crippen LogP contribution in [0.25, 0.3) is 0 Å². The summed E-state index contributed by atoms with van der Waals surface area (Å²) in [4.78, 5) is 30.0. The van der Waals surface area contributed by atoms with Crippen molar-refractivity contribution in [2.24, 2.45) is 0 Å². The smallest absolute Gasteiger partial charge is 0.408 e. The molecule has 0 unspecified atom stereocenters. The van der Waals surface area contributed by atoms with Gasteiger partial charge in [0.1, 0.15) is 11.9 Å². The number of carboxylic acids is 1. The lowest BCUT2D eigenvalue weighted by atomic mass is 10.1. The average molecular weight is 253 g/mol. The molecule has 1 heterocycles. The lowest BCUT2D eigenvalue weighted by Crippen LogP contribution is -2.38. The number of hydrogen-bond acceptors (Lipinski definition) is 5. The summed E-state index contributed by atoms with van der Waals surface area (Å²) in [5.74, 6) is -1.21. The molecule has 1 aromatic heterocycles. The summed E-state index contributed by atoms with van der Waals surface area (Å²) in [7, 11) is 0. The minimum absolute atomic E-state index is 0.274. The van der Waals surface area contributed by atoms with Crippen molar-refractivity contribution in [1.82, 2.24) is 15.3 Å². The van der Waals surface area contributed by atoms with E-state index in [1.54, 1.807) is 20.8 Å². The zero-order valence-electron chi connectivity index (χ0n) is 10.4. The molecule has 98 valence electrons. The van der Waals surface area contributed by atoms with Gasteiger partial charge in [0.05, 0.1) is 0 Å². The van der Waals surface area contributed by atoms with Crippen molar-refractivity contribution in [3.8, 4) is 0 Å². The standard InChI is InChI=1S/C11H15N3O4/c1-11(2,3)18-10(17)14-8(9(15)16)7-4-12-6-13-5-7/h4-6,8H,1-3H3,(H,14,17)(H,15,16)/t8-/m0/s1. The van der Waals surface area contributed by atoms with E-state index in [4.69, 9.17) is 9.84 Å². The predicted octanol–water partition coefficient (Wildman–Crippen LogP) is 1.13. The Labute approximate surface area is 104 Å². The topological polar surface area (TPSA) is 101 Å². The fraction of sp³-hybridized carbons (Fsp3) is 0.455. The number of nitrogens with one attached hydrogen (secondary N) is 1. The highest BCUT2D eigenvalue weighted by Crippen LogP contribution is 2.13. The fourth-order valence-electron chi connectivity index (χ4n) is 1.17. The van der Waals surface area contributed by atoms with Crippen molar-refractivity contribution in [2.45, 2.75) is 32.4 Å². The Morgan fingerprint density at radius 1 is 1.33 bits per heavy atom. The third-order valence-corrected chi connectivity index (χ3v) is 1.82. The summed E-state index contributed by atoms with van der Waals surface area (Å²) in [6.07, 6.45) is 3.11. The molecule has 7 heteroatoms. The van der Waals surface area contributed by atoms with Gasteiger partial charge in [-0.05, 0) is 20.8 Å². The Morgan fingerprint density at radius 3 is 2.33 bits per heavy atom. The molecule has 0 bridgehead atoms. The van der Waals surface area contributed by atoms with Crippen molar-refractivity contribution in [3.05, 3.63) is 24.3 Å². The number of nitrogens with zero attached hydrogens (tertiary/aromatic N) is 2. The van der Waals surface area contributed by atoms with Gasteiger partial charge < -0.3 is 15.2 Å². The second kappa shape index (κ2) is 5.44. The molecule has 1 atom stereocenters. The average Bonchev–Trinajstić information content (AvgIpc) is 2.24. The number of rotatable bonds is 3. The number of alkyl carbamates (subject to hydrolysis) is 1. The molecule has 0 aliphatic heterocycles. The summed E-state index contributed by atoms with van der Waals surface area (Å²) in [6, 6.07) is -1.24. The molecule has 0 aliphatic rings. The summed E-state index contributed by atoms with van der Waals surface area (Å²) in [5, 5.41) is 11.3. The van der Waals surface area contributed by atoms with Crippen molar-refractivity contribution < 1.29 is 19.4 Å². The summed E-state index contributed by atoms with van der Waals surface area (Å²) >= 11 is 0. The van der Waals surface area contributed by atoms with Crippen molar-refractivity contribution in [1.29, 1.82) is 0 Å². The third-order valence-electron chi connectivity index (χ3n) is 1.82. The number of carbonyl (C=O) groups is 2. The highest BCUT2D eigenvalue weighted by atomic mass is 16.6. The number of carboxylic acid groups (broad SMARTS) is 1. The van der Waals surface area contributed by atoms with Crippen molar-refractivity contribution in [3.63, 3.8) is 0 Å². The maximum atomic E-state index is 11.5. The number of hydrogen-bond donors (Lipinski definition) is 2. The summed E-state index contributed by atoms with van der Waals surface area (Å²) in [6.45, 7) is 5.07. The van der Waals surface area contributed by atoms with E-state index in [0.29, 0.717) is 0 Å². The van der Waals surface area contributed by atoms with Crippen LogP contribution in [0.4, 0.5) is 4.79 Å². The molecule has 0 spiro atoms. The Balaban J connectivity index is 2.77. The van der Waals surface area contributed by atoms with Crippen LogP contribution in [-0.4, -0.2) is 32.7 Å². The molecule has 1 amide bonds. The molecular weight excluding hydrogens is 238 g/mol. The van der Waals surface area contributed by atoms with Crippen LogP contribution in [0.1, 0.15) is 32.4 Å². The molecule has 0 radical (unpaired) electrons. The minimum atomic E-state index is -1.24. The zero-order valence-corrected chi connectivity index (χ0v) is 10.4. The number of ether oxygens (including phenoxy) is 1. The second-order valence-corrected chi connectivity index (χ2v) is 4.59. The molecule has 7 nitrogen and oxygen atoms in total. The van der Waals surface area contributed by atoms with Crippen LogP contribution in [0.3, 0.4) is 0 Å². The normalized spacial score (nSPS) is 12.6. The zero-order chi connectivity index (χ0) is 13.8. The van der Waals surface area contributed by atoms with Gasteiger partial charge in [0.25, 0.3) is 0 Å². The van der Waals surface area contributed by atoms with Crippen LogP contribution < -0.4 is 5.32 Å². The first kappa shape index (κ1) is 13.9. The molecule has 0 aliphatic carbocycles. The maximum Gasteiger partial charge on any atom is 0.408 e. The van der Waals surface area contributed by atoms with Gasteiger partial charge in [0.15, 0.2) is 6.04 Å². The lowest BCUT2D eigenvalue weighted by molar-refractivity contribution is -0.139. The first-order valence-electron chi connectivity index (χ1n) is 5.27. The quantitative estimate of drug-likeness (QED) is 0.837. The largest absolute Gasteiger partial charge is 0.479 e. The van der Waals surface area contributed by atoms with Crippen LogP contribution in [0, 0.1) is 0 Å². The van der Waals surface area contributed by atoms with E-state index in [9.17, 15) is 9.59 Å². The molecule has 0 aromatic carbocycles. The van der Waals surface area contributed by atoms with Crippen molar-refractivity contribution in [2.75, 3.05) is 0 Å². The first-order chi connectivity index (χ1) is 8.29. The number of aliphatic carboxylic acids is 1. The lowest BCUT2D eigenvalue weighted by Gasteiger charge is -2.21. The van der Waals surface area contributed by atoms with Crippen LogP contribution >= 0.6 is 0 Å². The van der Waals surface area contributed by atoms with E-state index in [2.05, 4.69) is 15.3 Å². The van der Waals surface area contributed by atoms with E-state index >= 15 is 0 Å². The molecule has 18 heavy (non-hydrogen) atoms. The van der Waals surface area contributed by atoms with Gasteiger partial charge in [-0.2, -0.15) is 0 Å². The fourth-order valence-corrected chi connectivity index (χ4v) is 1.17. The number of carbonyl (C=O) groups excluding carboxylic acids is 1. The van der Waals surface area contributed by atoms with Gasteiger partial charge >= 0.3 is 12.1 Å². The molecule has 1 rings (SSSR count). The summed E-state index contributed by atoms with van der Waals surface area (Å²) in [5.41, 5.74) is -0.420. The monoisotopic (exact) mass is 253 g/mol. The van der Waals surface area contributed by atoms with Gasteiger partial charge in [-0.15, -0.1) is 0 Å². The van der Waals surface area contributed by atoms with Gasteiger partial charge in [-0.1, -0.05) is 0 Å². The van der Waals surface area contributed by atoms with Crippen LogP contribution in [0.15, 0.2) is 18.7 Å². The third kappa shape index (κ3) is 4.36. The molecule has 0 fully saturated rings. The van der Waals surface area contributed by atoms with Gasteiger partial charge in [0.2, 0.25) is 0 Å². The summed E-state index contributed by atoms with van der Waals surface area (Å²) < 4.78 is 4.99. The highest BCUT2D eigenvalue weighted by Gasteiger charge is 2.25. The van der Waals surface area contributed by atoms with E-state index in [0.717, 1.165) is 0 Å². The SMILES string of the molecule is CC(C)(C)OC(=O)N[C@H](C(=O)O)c1cncnc1. The maximum absolute atomic E-state index is 11.5. The van der Waals surface area contributed by atoms with Crippen LogP contribution in [0.2, 0.25) is 0 Å². The Hall–Kier alpha value is -2.18. The molecule has 0 saturated heterocycles. The van der Waals surface area contributed by atoms with Crippen LogP contribution in [-0.2, 0) is 9.53 Å². The van der Waals surface area contributed by atoms with E-state index in [1.165, 1.54) is 18.7 Å². The number of aromatic nitrogens is 2. The van der Waals surface area contributed by atoms with Gasteiger partial charge in [-0.3, -0.25) is 0 Å². The van der Waals surface area contributed by atoms with Crippen LogP contribution in [0.5, 0.6) is 0 Å². The first-order valence-corrected chi connectivity index (χ1v) is 5.27. The van der Waals surface area contributed by atoms with E-state index < -0.39 is 23.7 Å².